The van der Waals surface area contributed by atoms with Crippen LogP contribution in [0, 0.1) is 6.92 Å². The zero-order chi connectivity index (χ0) is 12.4. The number of hydrogen-bond donors (Lipinski definition) is 1. The number of aromatic nitrogens is 2. The van der Waals surface area contributed by atoms with Gasteiger partial charge in [0.25, 0.3) is 0 Å². The monoisotopic (exact) mass is 249 g/mol. The van der Waals surface area contributed by atoms with Gasteiger partial charge < -0.3 is 5.73 Å². The lowest BCUT2D eigenvalue weighted by Gasteiger charge is -2.12. The molecule has 2 aromatic rings. The SMILES string of the molecule is CCC(CC)n1cc(N)c(-c2sccc2C)n1. The van der Waals surface area contributed by atoms with Crippen molar-refractivity contribution < 1.29 is 0 Å². The molecule has 0 amide bonds. The Balaban J connectivity index is 2.41. The first-order chi connectivity index (χ1) is 8.17. The third kappa shape index (κ3) is 2.22. The van der Waals surface area contributed by atoms with E-state index in [1.165, 1.54) is 10.4 Å². The summed E-state index contributed by atoms with van der Waals surface area (Å²) in [5.41, 5.74) is 9.03. The summed E-state index contributed by atoms with van der Waals surface area (Å²) in [7, 11) is 0. The molecule has 2 N–H and O–H groups in total. The second-order valence-corrected chi connectivity index (χ2v) is 5.23. The highest BCUT2D eigenvalue weighted by Crippen LogP contribution is 2.33. The standard InChI is InChI=1S/C13H19N3S/c1-4-10(5-2)16-8-11(14)12(15-16)13-9(3)6-7-17-13/h6-8,10H,4-5,14H2,1-3H3. The maximum absolute atomic E-state index is 6.07. The van der Waals surface area contributed by atoms with Crippen LogP contribution in [-0.2, 0) is 0 Å². The van der Waals surface area contributed by atoms with E-state index in [1.807, 2.05) is 10.9 Å². The van der Waals surface area contributed by atoms with E-state index in [2.05, 4.69) is 37.3 Å². The Labute approximate surface area is 106 Å². The van der Waals surface area contributed by atoms with Gasteiger partial charge in [0, 0.05) is 6.20 Å². The first kappa shape index (κ1) is 12.2. The van der Waals surface area contributed by atoms with E-state index in [9.17, 15) is 0 Å². The van der Waals surface area contributed by atoms with Crippen LogP contribution < -0.4 is 5.73 Å². The first-order valence-electron chi connectivity index (χ1n) is 6.06. The lowest BCUT2D eigenvalue weighted by molar-refractivity contribution is 0.429. The normalized spacial score (nSPS) is 11.3. The van der Waals surface area contributed by atoms with Crippen molar-refractivity contribution >= 4 is 17.0 Å². The van der Waals surface area contributed by atoms with E-state index >= 15 is 0 Å². The fourth-order valence-corrected chi connectivity index (χ4v) is 2.98. The third-order valence-electron chi connectivity index (χ3n) is 3.15. The predicted octanol–water partition coefficient (Wildman–Crippen LogP) is 3.86. The molecule has 0 saturated carbocycles. The molecule has 92 valence electrons. The topological polar surface area (TPSA) is 43.8 Å². The third-order valence-corrected chi connectivity index (χ3v) is 4.18. The first-order valence-corrected chi connectivity index (χ1v) is 6.94. The van der Waals surface area contributed by atoms with Crippen LogP contribution in [0.2, 0.25) is 0 Å². The van der Waals surface area contributed by atoms with Gasteiger partial charge in [0.15, 0.2) is 0 Å². The molecule has 2 aromatic heterocycles. The molecule has 0 aliphatic heterocycles. The van der Waals surface area contributed by atoms with Crippen LogP contribution >= 0.6 is 11.3 Å². The van der Waals surface area contributed by atoms with Gasteiger partial charge in [0.1, 0.15) is 5.69 Å². The van der Waals surface area contributed by atoms with Crippen LogP contribution in [0.15, 0.2) is 17.6 Å². The van der Waals surface area contributed by atoms with Crippen LogP contribution in [0.3, 0.4) is 0 Å². The molecule has 3 nitrogen and oxygen atoms in total. The molecule has 0 bridgehead atoms. The average molecular weight is 249 g/mol. The zero-order valence-corrected chi connectivity index (χ0v) is 11.4. The highest BCUT2D eigenvalue weighted by Gasteiger charge is 2.15. The molecule has 0 spiro atoms. The number of thiophene rings is 1. The van der Waals surface area contributed by atoms with E-state index in [0.717, 1.165) is 24.2 Å². The molecule has 0 saturated heterocycles. The fraction of sp³-hybridized carbons (Fsp3) is 0.462. The van der Waals surface area contributed by atoms with Gasteiger partial charge in [0.2, 0.25) is 0 Å². The molecule has 0 radical (unpaired) electrons. The quantitative estimate of drug-likeness (QED) is 0.894. The average Bonchev–Trinajstić information content (AvgIpc) is 2.87. The van der Waals surface area contributed by atoms with Crippen LogP contribution in [0.5, 0.6) is 0 Å². The summed E-state index contributed by atoms with van der Waals surface area (Å²) in [6.07, 6.45) is 4.13. The molecule has 4 heteroatoms. The van der Waals surface area contributed by atoms with Gasteiger partial charge in [-0.05, 0) is 36.8 Å². The minimum Gasteiger partial charge on any atom is -0.396 e. The molecule has 0 aliphatic rings. The van der Waals surface area contributed by atoms with Gasteiger partial charge in [-0.1, -0.05) is 13.8 Å². The van der Waals surface area contributed by atoms with Gasteiger partial charge in [-0.25, -0.2) is 0 Å². The summed E-state index contributed by atoms with van der Waals surface area (Å²) in [5.74, 6) is 0. The summed E-state index contributed by atoms with van der Waals surface area (Å²) in [4.78, 5) is 1.19. The maximum Gasteiger partial charge on any atom is 0.125 e. The van der Waals surface area contributed by atoms with Gasteiger partial charge in [0.05, 0.1) is 16.6 Å². The van der Waals surface area contributed by atoms with Crippen molar-refractivity contribution in [3.05, 3.63) is 23.2 Å². The van der Waals surface area contributed by atoms with Crippen molar-refractivity contribution in [1.82, 2.24) is 9.78 Å². The van der Waals surface area contributed by atoms with Crippen molar-refractivity contribution in [2.75, 3.05) is 5.73 Å². The van der Waals surface area contributed by atoms with Crippen molar-refractivity contribution in [3.63, 3.8) is 0 Å². The molecule has 0 fully saturated rings. The van der Waals surface area contributed by atoms with Gasteiger partial charge in [-0.2, -0.15) is 5.10 Å². The Morgan fingerprint density at radius 3 is 2.65 bits per heavy atom. The minimum atomic E-state index is 0.450. The number of nitrogens with two attached hydrogens (primary N) is 1. The molecule has 17 heavy (non-hydrogen) atoms. The second-order valence-electron chi connectivity index (χ2n) is 4.32. The number of aryl methyl sites for hydroxylation is 1. The Hall–Kier alpha value is -1.29. The molecular formula is C13H19N3S. The lowest BCUT2D eigenvalue weighted by Crippen LogP contribution is -2.07. The number of hydrogen-bond acceptors (Lipinski definition) is 3. The Bertz CT molecular complexity index is 494. The highest BCUT2D eigenvalue weighted by atomic mass is 32.1. The summed E-state index contributed by atoms with van der Waals surface area (Å²) in [6, 6.07) is 2.56. The Kier molecular flexibility index (Phi) is 3.52. The molecule has 2 rings (SSSR count). The summed E-state index contributed by atoms with van der Waals surface area (Å²) < 4.78 is 2.02. The van der Waals surface area contributed by atoms with E-state index < -0.39 is 0 Å². The summed E-state index contributed by atoms with van der Waals surface area (Å²) in [6.45, 7) is 6.46. The predicted molar refractivity (Wildman–Crippen MR) is 74.3 cm³/mol. The summed E-state index contributed by atoms with van der Waals surface area (Å²) >= 11 is 1.70. The number of nitrogens with zero attached hydrogens (tertiary/aromatic N) is 2. The maximum atomic E-state index is 6.07. The van der Waals surface area contributed by atoms with Crippen LogP contribution in [0.4, 0.5) is 5.69 Å². The molecule has 2 heterocycles. The van der Waals surface area contributed by atoms with Gasteiger partial charge >= 0.3 is 0 Å². The lowest BCUT2D eigenvalue weighted by atomic mass is 10.2. The molecule has 0 unspecified atom stereocenters. The number of anilines is 1. The van der Waals surface area contributed by atoms with E-state index in [1.54, 1.807) is 11.3 Å². The van der Waals surface area contributed by atoms with E-state index in [-0.39, 0.29) is 0 Å². The van der Waals surface area contributed by atoms with Crippen molar-refractivity contribution in [2.24, 2.45) is 0 Å². The Morgan fingerprint density at radius 2 is 2.12 bits per heavy atom. The second kappa shape index (κ2) is 4.92. The Morgan fingerprint density at radius 1 is 1.41 bits per heavy atom. The number of rotatable bonds is 4. The van der Waals surface area contributed by atoms with Crippen LogP contribution in [-0.4, -0.2) is 9.78 Å². The fourth-order valence-electron chi connectivity index (χ4n) is 2.05. The molecular weight excluding hydrogens is 230 g/mol. The zero-order valence-electron chi connectivity index (χ0n) is 10.6. The minimum absolute atomic E-state index is 0.450. The highest BCUT2D eigenvalue weighted by molar-refractivity contribution is 7.13. The van der Waals surface area contributed by atoms with Gasteiger partial charge in [-0.15, -0.1) is 11.3 Å². The molecule has 0 aliphatic carbocycles. The molecule has 0 atom stereocenters. The number of nitrogen functional groups attached to an aromatic ring is 1. The molecule has 0 aromatic carbocycles. The van der Waals surface area contributed by atoms with Crippen molar-refractivity contribution in [3.8, 4) is 10.6 Å². The van der Waals surface area contributed by atoms with Gasteiger partial charge in [-0.3, -0.25) is 4.68 Å². The largest absolute Gasteiger partial charge is 0.396 e. The van der Waals surface area contributed by atoms with Crippen molar-refractivity contribution in [2.45, 2.75) is 39.7 Å². The smallest absolute Gasteiger partial charge is 0.125 e. The van der Waals surface area contributed by atoms with Crippen molar-refractivity contribution in [1.29, 1.82) is 0 Å². The van der Waals surface area contributed by atoms with E-state index in [4.69, 9.17) is 5.73 Å². The van der Waals surface area contributed by atoms with Crippen LogP contribution in [0.25, 0.3) is 10.6 Å². The van der Waals surface area contributed by atoms with E-state index in [0.29, 0.717) is 6.04 Å². The van der Waals surface area contributed by atoms with Crippen LogP contribution in [0.1, 0.15) is 38.3 Å². The summed E-state index contributed by atoms with van der Waals surface area (Å²) in [5, 5.41) is 6.74.